The average molecular weight is 365 g/mol. The van der Waals surface area contributed by atoms with Gasteiger partial charge in [0, 0.05) is 6.04 Å². The van der Waals surface area contributed by atoms with E-state index in [4.69, 9.17) is 32.0 Å². The molecule has 26 heavy (non-hydrogen) atoms. The van der Waals surface area contributed by atoms with Crippen molar-refractivity contribution in [1.29, 1.82) is 0 Å². The fourth-order valence-corrected chi connectivity index (χ4v) is 2.57. The Morgan fingerprint density at radius 2 is 1.92 bits per heavy atom. The Labute approximate surface area is 151 Å². The first-order chi connectivity index (χ1) is 12.3. The van der Waals surface area contributed by atoms with Crippen molar-refractivity contribution in [2.45, 2.75) is 43.3 Å². The summed E-state index contributed by atoms with van der Waals surface area (Å²) in [5.74, 6) is 0.855. The molecule has 0 aromatic heterocycles. The molecule has 6 N–H and O–H groups in total. The van der Waals surface area contributed by atoms with Gasteiger partial charge in [-0.1, -0.05) is 30.2 Å². The molecule has 0 unspecified atom stereocenters. The topological polar surface area (TPSA) is 147 Å². The van der Waals surface area contributed by atoms with Crippen molar-refractivity contribution >= 4 is 12.3 Å². The van der Waals surface area contributed by atoms with Gasteiger partial charge >= 0.3 is 5.97 Å². The van der Waals surface area contributed by atoms with Crippen LogP contribution in [0.3, 0.4) is 0 Å². The summed E-state index contributed by atoms with van der Waals surface area (Å²) < 4.78 is 0. The molecule has 8 heteroatoms. The molecule has 1 aliphatic carbocycles. The van der Waals surface area contributed by atoms with E-state index in [0.717, 1.165) is 0 Å². The summed E-state index contributed by atoms with van der Waals surface area (Å²) in [6, 6.07) is 9.06. The summed E-state index contributed by atoms with van der Waals surface area (Å²) in [6.45, 7) is 0.666. The van der Waals surface area contributed by atoms with Crippen molar-refractivity contribution in [1.82, 2.24) is 5.32 Å². The maximum atomic E-state index is 10.1. The molecule has 0 heterocycles. The van der Waals surface area contributed by atoms with E-state index in [9.17, 15) is 9.59 Å². The quantitative estimate of drug-likeness (QED) is 0.256. The molecule has 0 saturated heterocycles. The minimum absolute atomic E-state index is 0.0809. The highest BCUT2D eigenvalue weighted by atomic mass is 16.4. The predicted molar refractivity (Wildman–Crippen MR) is 92.1 cm³/mol. The molecule has 0 fully saturated rings. The first kappa shape index (κ1) is 21.8. The average Bonchev–Trinajstić information content (AvgIpc) is 3.07. The van der Waals surface area contributed by atoms with E-state index in [-0.39, 0.29) is 6.29 Å². The zero-order valence-corrected chi connectivity index (χ0v) is 14.0. The molecule has 1 aromatic rings. The summed E-state index contributed by atoms with van der Waals surface area (Å²) in [7, 11) is 0. The number of aryl methyl sites for hydroxylation is 1. The van der Waals surface area contributed by atoms with Crippen LogP contribution in [0.15, 0.2) is 24.3 Å². The molecular formula is C18H23NO7. The fraction of sp³-hybridized carbons (Fsp3) is 0.444. The lowest BCUT2D eigenvalue weighted by molar-refractivity contribution is -0.163. The number of nitrogens with one attached hydrogen (secondary N) is 1. The largest absolute Gasteiger partial charge is 0.479 e. The Hall–Kier alpha value is -2.28. The number of fused-ring (bicyclic) bond motifs is 1. The number of aldehydes is 1. The Balaban J connectivity index is 0.000000260. The highest BCUT2D eigenvalue weighted by Gasteiger charge is 2.34. The zero-order valence-electron chi connectivity index (χ0n) is 14.0. The molecule has 1 aromatic carbocycles. The van der Waals surface area contributed by atoms with Crippen LogP contribution in [-0.2, 0) is 16.0 Å². The van der Waals surface area contributed by atoms with Crippen LogP contribution in [0.2, 0.25) is 0 Å². The smallest absolute Gasteiger partial charge is 0.335 e. The molecule has 8 nitrogen and oxygen atoms in total. The Kier molecular flexibility index (Phi) is 8.92. The molecule has 0 spiro atoms. The normalized spacial score (nSPS) is 19.7. The molecule has 0 bridgehead atoms. The highest BCUT2D eigenvalue weighted by molar-refractivity contribution is 5.73. The van der Waals surface area contributed by atoms with Crippen LogP contribution in [0, 0.1) is 12.3 Å². The molecule has 5 atom stereocenters. The zero-order chi connectivity index (χ0) is 19.7. The van der Waals surface area contributed by atoms with Crippen LogP contribution in [0.25, 0.3) is 0 Å². The minimum atomic E-state index is -2.25. The molecule has 0 amide bonds. The van der Waals surface area contributed by atoms with E-state index in [1.807, 2.05) is 0 Å². The third-order valence-corrected chi connectivity index (χ3v) is 4.00. The number of aliphatic hydroxyl groups is 4. The standard InChI is InChI=1S/C12H13N.C6H10O7/c1-2-9-13-12-8-7-10-5-3-4-6-11(10)12;7-1-2(8)3(9)4(10)5(11)6(12)13/h1,3-6,12-13H,7-9H2;1-5,8-11H,(H,12,13)/t12-;2-,3+,4-,5-/m10/s1. The lowest BCUT2D eigenvalue weighted by Gasteiger charge is -2.21. The number of aliphatic hydroxyl groups excluding tert-OH is 4. The van der Waals surface area contributed by atoms with E-state index in [1.54, 1.807) is 0 Å². The Morgan fingerprint density at radius 3 is 2.50 bits per heavy atom. The van der Waals surface area contributed by atoms with Gasteiger partial charge in [0.25, 0.3) is 0 Å². The summed E-state index contributed by atoms with van der Waals surface area (Å²) in [4.78, 5) is 20.0. The minimum Gasteiger partial charge on any atom is -0.479 e. The molecule has 0 saturated carbocycles. The van der Waals surface area contributed by atoms with Crippen molar-refractivity contribution in [2.75, 3.05) is 6.54 Å². The molecule has 2 rings (SSSR count). The third-order valence-electron chi connectivity index (χ3n) is 4.00. The number of carboxylic acid groups (broad SMARTS) is 1. The maximum absolute atomic E-state index is 10.1. The monoisotopic (exact) mass is 365 g/mol. The van der Waals surface area contributed by atoms with Crippen molar-refractivity contribution in [3.05, 3.63) is 35.4 Å². The summed E-state index contributed by atoms with van der Waals surface area (Å²) in [5, 5.41) is 46.5. The first-order valence-corrected chi connectivity index (χ1v) is 7.98. The van der Waals surface area contributed by atoms with E-state index < -0.39 is 30.4 Å². The van der Waals surface area contributed by atoms with Gasteiger partial charge in [0.2, 0.25) is 0 Å². The number of hydrogen-bond acceptors (Lipinski definition) is 7. The van der Waals surface area contributed by atoms with E-state index in [1.165, 1.54) is 24.0 Å². The van der Waals surface area contributed by atoms with Gasteiger partial charge < -0.3 is 30.3 Å². The fourth-order valence-electron chi connectivity index (χ4n) is 2.57. The first-order valence-electron chi connectivity index (χ1n) is 7.98. The Morgan fingerprint density at radius 1 is 1.27 bits per heavy atom. The van der Waals surface area contributed by atoms with E-state index in [0.29, 0.717) is 12.6 Å². The molecule has 1 aliphatic rings. The van der Waals surface area contributed by atoms with E-state index >= 15 is 0 Å². The second-order valence-corrected chi connectivity index (χ2v) is 5.77. The molecular weight excluding hydrogens is 342 g/mol. The lowest BCUT2D eigenvalue weighted by Crippen LogP contribution is -2.48. The number of carboxylic acids is 1. The van der Waals surface area contributed by atoms with Crippen LogP contribution < -0.4 is 5.32 Å². The number of benzene rings is 1. The molecule has 0 aliphatic heterocycles. The SMILES string of the molecule is C#CCN[C@@H]1CCc2ccccc21.O=C[C@H](O)[C@@H](O)[C@H](O)[C@H](O)C(=O)O. The predicted octanol–water partition coefficient (Wildman–Crippen LogP) is -1.39. The summed E-state index contributed by atoms with van der Waals surface area (Å²) in [6.07, 6.45) is -0.817. The van der Waals surface area contributed by atoms with Crippen molar-refractivity contribution in [3.8, 4) is 12.3 Å². The van der Waals surface area contributed by atoms with Gasteiger partial charge in [-0.2, -0.15) is 0 Å². The number of carbonyl (C=O) groups is 2. The Bertz CT molecular complexity index is 643. The van der Waals surface area contributed by atoms with E-state index in [2.05, 4.69) is 35.5 Å². The van der Waals surface area contributed by atoms with Gasteiger partial charge in [0.1, 0.15) is 18.3 Å². The van der Waals surface area contributed by atoms with Crippen LogP contribution in [0.4, 0.5) is 0 Å². The highest BCUT2D eigenvalue weighted by Crippen LogP contribution is 2.30. The van der Waals surface area contributed by atoms with Crippen molar-refractivity contribution in [2.24, 2.45) is 0 Å². The number of rotatable bonds is 7. The van der Waals surface area contributed by atoms with Crippen LogP contribution in [0.1, 0.15) is 23.6 Å². The summed E-state index contributed by atoms with van der Waals surface area (Å²) >= 11 is 0. The van der Waals surface area contributed by atoms with Gasteiger partial charge in [-0.3, -0.25) is 5.32 Å². The van der Waals surface area contributed by atoms with Crippen LogP contribution >= 0.6 is 0 Å². The van der Waals surface area contributed by atoms with Gasteiger partial charge in [-0.05, 0) is 24.0 Å². The van der Waals surface area contributed by atoms with Gasteiger partial charge in [-0.25, -0.2) is 4.79 Å². The van der Waals surface area contributed by atoms with Crippen LogP contribution in [-0.4, -0.2) is 68.7 Å². The lowest BCUT2D eigenvalue weighted by atomic mass is 10.0. The molecule has 0 radical (unpaired) electrons. The number of hydrogen-bond donors (Lipinski definition) is 6. The second-order valence-electron chi connectivity index (χ2n) is 5.77. The number of carbonyl (C=O) groups excluding carboxylic acids is 1. The number of aliphatic carboxylic acids is 1. The van der Waals surface area contributed by atoms with Gasteiger partial charge in [0.05, 0.1) is 6.54 Å². The maximum Gasteiger partial charge on any atom is 0.335 e. The number of terminal acetylenes is 1. The van der Waals surface area contributed by atoms with Crippen molar-refractivity contribution in [3.63, 3.8) is 0 Å². The van der Waals surface area contributed by atoms with Crippen molar-refractivity contribution < 1.29 is 35.1 Å². The van der Waals surface area contributed by atoms with Crippen LogP contribution in [0.5, 0.6) is 0 Å². The van der Waals surface area contributed by atoms with Gasteiger partial charge in [0.15, 0.2) is 12.4 Å². The summed E-state index contributed by atoms with van der Waals surface area (Å²) in [5.41, 5.74) is 2.90. The third kappa shape index (κ3) is 5.91. The van der Waals surface area contributed by atoms with Gasteiger partial charge in [-0.15, -0.1) is 6.42 Å². The second kappa shape index (κ2) is 10.7. The molecule has 142 valence electrons.